The summed E-state index contributed by atoms with van der Waals surface area (Å²) in [6, 6.07) is 16.7. The summed E-state index contributed by atoms with van der Waals surface area (Å²) in [7, 11) is 0. The van der Waals surface area contributed by atoms with Gasteiger partial charge in [0.1, 0.15) is 6.61 Å². The number of fused-ring (bicyclic) bond motifs is 3. The van der Waals surface area contributed by atoms with Crippen LogP contribution in [0.15, 0.2) is 48.5 Å². The quantitative estimate of drug-likeness (QED) is 0.129. The molecule has 0 heterocycles. The first-order valence-electron chi connectivity index (χ1n) is 16.1. The molecule has 1 N–H and O–H groups in total. The molecule has 0 saturated heterocycles. The molecule has 0 radical (unpaired) electrons. The summed E-state index contributed by atoms with van der Waals surface area (Å²) < 4.78 is 22.4. The first-order chi connectivity index (χ1) is 20.3. The maximum Gasteiger partial charge on any atom is 0.407 e. The van der Waals surface area contributed by atoms with Crippen molar-refractivity contribution in [1.29, 1.82) is 0 Å². The number of carbonyl (C=O) groups excluding carboxylic acids is 1. The molecular weight excluding hydrogens is 514 g/mol. The van der Waals surface area contributed by atoms with E-state index in [0.29, 0.717) is 46.2 Å². The van der Waals surface area contributed by atoms with Crippen molar-refractivity contribution in [2.75, 3.05) is 52.8 Å². The van der Waals surface area contributed by atoms with E-state index >= 15 is 0 Å². The standard InChI is InChI=1S/C35H53NO5/c1-2-3-4-5-6-7-8-9-10-11-16-23-38-25-27-40-28-26-39-24-17-22-36-35(37)41-29-34-32-20-14-12-18-30(32)31-19-13-15-21-33(31)34/h12-15,18-21,34H,2-11,16-17,22-29H2,1H3,(H,36,37). The third-order valence-corrected chi connectivity index (χ3v) is 7.71. The van der Waals surface area contributed by atoms with Crippen LogP contribution >= 0.6 is 0 Å². The van der Waals surface area contributed by atoms with Gasteiger partial charge in [0.2, 0.25) is 0 Å². The molecule has 228 valence electrons. The monoisotopic (exact) mass is 567 g/mol. The molecule has 0 aliphatic heterocycles. The Balaban J connectivity index is 1.06. The molecule has 0 atom stereocenters. The summed E-state index contributed by atoms with van der Waals surface area (Å²) in [6.07, 6.45) is 15.2. The van der Waals surface area contributed by atoms with Gasteiger partial charge in [-0.2, -0.15) is 0 Å². The van der Waals surface area contributed by atoms with Crippen molar-refractivity contribution < 1.29 is 23.7 Å². The molecule has 6 nitrogen and oxygen atoms in total. The van der Waals surface area contributed by atoms with Gasteiger partial charge in [-0.15, -0.1) is 0 Å². The summed E-state index contributed by atoms with van der Waals surface area (Å²) in [5.74, 6) is 0.0754. The second kappa shape index (κ2) is 21.3. The van der Waals surface area contributed by atoms with E-state index in [0.717, 1.165) is 19.4 Å². The molecule has 6 heteroatoms. The Morgan fingerprint density at radius 1 is 0.610 bits per heavy atom. The van der Waals surface area contributed by atoms with Gasteiger partial charge in [0, 0.05) is 25.7 Å². The number of rotatable bonds is 24. The van der Waals surface area contributed by atoms with Gasteiger partial charge in [-0.1, -0.05) is 120 Å². The smallest absolute Gasteiger partial charge is 0.407 e. The Labute approximate surface area is 248 Å². The predicted octanol–water partition coefficient (Wildman–Crippen LogP) is 8.28. The highest BCUT2D eigenvalue weighted by Crippen LogP contribution is 2.44. The van der Waals surface area contributed by atoms with E-state index in [1.165, 1.54) is 86.5 Å². The Bertz CT molecular complexity index is 920. The Hall–Kier alpha value is -2.41. The molecule has 0 saturated carbocycles. The summed E-state index contributed by atoms with van der Waals surface area (Å²) in [5, 5.41) is 2.83. The fraction of sp³-hybridized carbons (Fsp3) is 0.629. The predicted molar refractivity (Wildman–Crippen MR) is 167 cm³/mol. The zero-order valence-corrected chi connectivity index (χ0v) is 25.4. The zero-order chi connectivity index (χ0) is 28.8. The lowest BCUT2D eigenvalue weighted by molar-refractivity contribution is 0.0135. The molecule has 1 aliphatic carbocycles. The summed E-state index contributed by atoms with van der Waals surface area (Å²) in [4.78, 5) is 12.2. The number of ether oxygens (including phenoxy) is 4. The number of nitrogens with one attached hydrogen (secondary N) is 1. The fourth-order valence-electron chi connectivity index (χ4n) is 5.42. The van der Waals surface area contributed by atoms with Crippen molar-refractivity contribution in [1.82, 2.24) is 5.32 Å². The van der Waals surface area contributed by atoms with Gasteiger partial charge in [0.15, 0.2) is 0 Å². The van der Waals surface area contributed by atoms with Crippen LogP contribution in [0.5, 0.6) is 0 Å². The van der Waals surface area contributed by atoms with Crippen molar-refractivity contribution >= 4 is 6.09 Å². The molecule has 1 amide bonds. The van der Waals surface area contributed by atoms with Gasteiger partial charge >= 0.3 is 6.09 Å². The average molecular weight is 568 g/mol. The number of benzene rings is 2. The zero-order valence-electron chi connectivity index (χ0n) is 25.4. The maximum atomic E-state index is 12.2. The minimum Gasteiger partial charge on any atom is -0.449 e. The molecule has 41 heavy (non-hydrogen) atoms. The number of alkyl carbamates (subject to hydrolysis) is 1. The molecule has 2 aromatic rings. The highest BCUT2D eigenvalue weighted by molar-refractivity contribution is 5.79. The molecular formula is C35H53NO5. The van der Waals surface area contributed by atoms with Crippen molar-refractivity contribution in [3.63, 3.8) is 0 Å². The maximum absolute atomic E-state index is 12.2. The molecule has 1 aliphatic rings. The molecule has 3 rings (SSSR count). The molecule has 2 aromatic carbocycles. The van der Waals surface area contributed by atoms with Gasteiger partial charge in [-0.3, -0.25) is 0 Å². The fourth-order valence-corrected chi connectivity index (χ4v) is 5.42. The van der Waals surface area contributed by atoms with Crippen LogP contribution in [-0.2, 0) is 18.9 Å². The van der Waals surface area contributed by atoms with E-state index in [1.54, 1.807) is 0 Å². The van der Waals surface area contributed by atoms with Crippen LogP contribution in [0.2, 0.25) is 0 Å². The first kappa shape index (κ1) is 33.1. The minimum atomic E-state index is -0.386. The largest absolute Gasteiger partial charge is 0.449 e. The van der Waals surface area contributed by atoms with Gasteiger partial charge in [-0.05, 0) is 35.1 Å². The molecule has 0 fully saturated rings. The van der Waals surface area contributed by atoms with E-state index in [-0.39, 0.29) is 12.0 Å². The van der Waals surface area contributed by atoms with E-state index in [2.05, 4.69) is 48.6 Å². The van der Waals surface area contributed by atoms with Crippen LogP contribution in [0.3, 0.4) is 0 Å². The number of hydrogen-bond donors (Lipinski definition) is 1. The van der Waals surface area contributed by atoms with Gasteiger partial charge in [-0.25, -0.2) is 4.79 Å². The lowest BCUT2D eigenvalue weighted by Crippen LogP contribution is -2.27. The lowest BCUT2D eigenvalue weighted by atomic mass is 9.98. The highest BCUT2D eigenvalue weighted by atomic mass is 16.6. The lowest BCUT2D eigenvalue weighted by Gasteiger charge is -2.14. The van der Waals surface area contributed by atoms with E-state index in [1.807, 2.05) is 12.1 Å². The number of hydrogen-bond acceptors (Lipinski definition) is 5. The number of carbonyl (C=O) groups is 1. The minimum absolute atomic E-state index is 0.0754. The Kier molecular flexibility index (Phi) is 17.2. The SMILES string of the molecule is CCCCCCCCCCCCCOCCOCCOCCCNC(=O)OCC1c2ccccc2-c2ccccc21. The van der Waals surface area contributed by atoms with Crippen molar-refractivity contribution in [2.24, 2.45) is 0 Å². The molecule has 0 aromatic heterocycles. The van der Waals surface area contributed by atoms with E-state index in [9.17, 15) is 4.79 Å². The van der Waals surface area contributed by atoms with Crippen LogP contribution in [0, 0.1) is 0 Å². The Morgan fingerprint density at radius 3 is 1.63 bits per heavy atom. The van der Waals surface area contributed by atoms with Crippen molar-refractivity contribution in [3.05, 3.63) is 59.7 Å². The van der Waals surface area contributed by atoms with Crippen LogP contribution in [0.4, 0.5) is 4.79 Å². The first-order valence-corrected chi connectivity index (χ1v) is 16.1. The summed E-state index contributed by atoms with van der Waals surface area (Å²) >= 11 is 0. The second-order valence-electron chi connectivity index (χ2n) is 11.0. The third kappa shape index (κ3) is 13.0. The Morgan fingerprint density at radius 2 is 1.07 bits per heavy atom. The van der Waals surface area contributed by atoms with Crippen LogP contribution in [0.1, 0.15) is 101 Å². The number of amides is 1. The van der Waals surface area contributed by atoms with E-state index < -0.39 is 0 Å². The summed E-state index contributed by atoms with van der Waals surface area (Å²) in [5.41, 5.74) is 4.89. The summed E-state index contributed by atoms with van der Waals surface area (Å²) in [6.45, 7) is 6.86. The average Bonchev–Trinajstić information content (AvgIpc) is 3.32. The molecule has 0 unspecified atom stereocenters. The van der Waals surface area contributed by atoms with E-state index in [4.69, 9.17) is 18.9 Å². The van der Waals surface area contributed by atoms with Crippen molar-refractivity contribution in [2.45, 2.75) is 89.9 Å². The van der Waals surface area contributed by atoms with Gasteiger partial charge < -0.3 is 24.3 Å². The van der Waals surface area contributed by atoms with Crippen LogP contribution in [0.25, 0.3) is 11.1 Å². The van der Waals surface area contributed by atoms with Crippen LogP contribution < -0.4 is 5.32 Å². The highest BCUT2D eigenvalue weighted by Gasteiger charge is 2.28. The van der Waals surface area contributed by atoms with Gasteiger partial charge in [0.25, 0.3) is 0 Å². The topological polar surface area (TPSA) is 66.0 Å². The molecule has 0 spiro atoms. The third-order valence-electron chi connectivity index (χ3n) is 7.71. The second-order valence-corrected chi connectivity index (χ2v) is 11.0. The number of unbranched alkanes of at least 4 members (excludes halogenated alkanes) is 10. The molecule has 0 bridgehead atoms. The van der Waals surface area contributed by atoms with Crippen molar-refractivity contribution in [3.8, 4) is 11.1 Å². The van der Waals surface area contributed by atoms with Gasteiger partial charge in [0.05, 0.1) is 26.4 Å². The van der Waals surface area contributed by atoms with Crippen LogP contribution in [-0.4, -0.2) is 58.9 Å². The normalized spacial score (nSPS) is 12.3.